The number of aryl methyl sites for hydroxylation is 1. The van der Waals surface area contributed by atoms with Crippen molar-refractivity contribution in [2.75, 3.05) is 37.6 Å². The Labute approximate surface area is 247 Å². The van der Waals surface area contributed by atoms with E-state index in [0.717, 1.165) is 55.2 Å². The number of likely N-dealkylation sites (tertiary alicyclic amines) is 1. The van der Waals surface area contributed by atoms with Crippen LogP contribution in [0.5, 0.6) is 0 Å². The first-order valence-electron chi connectivity index (χ1n) is 15.4. The van der Waals surface area contributed by atoms with E-state index in [-0.39, 0.29) is 23.8 Å². The Morgan fingerprint density at radius 2 is 1.83 bits per heavy atom. The molecule has 1 spiro atoms. The standard InChI is InChI=1S/C32H43N7O3/c1-21(2)29(27-18-28(36-42-27)38-19-32(20-38)12-15-33-16-13-32)31(41)39-17-5-6-26(39)30(40)35-22(3)23-7-9-24(10-8-23)25-11-14-34-37(25)4/h7-11,14,18,21-22,26,29,33H,5-6,12-13,15-17,19-20H2,1-4H3,(H,35,40)/t22?,26-,29?/m0/s1. The summed E-state index contributed by atoms with van der Waals surface area (Å²) in [7, 11) is 1.92. The highest BCUT2D eigenvalue weighted by Gasteiger charge is 2.45. The summed E-state index contributed by atoms with van der Waals surface area (Å²) in [5, 5.41) is 15.2. The minimum atomic E-state index is -0.493. The molecule has 3 atom stereocenters. The van der Waals surface area contributed by atoms with Gasteiger partial charge in [-0.3, -0.25) is 14.3 Å². The van der Waals surface area contributed by atoms with Crippen molar-refractivity contribution in [3.05, 3.63) is 53.9 Å². The van der Waals surface area contributed by atoms with Crippen LogP contribution in [0.1, 0.15) is 69.7 Å². The third-order valence-electron chi connectivity index (χ3n) is 9.52. The number of anilines is 1. The van der Waals surface area contributed by atoms with Crippen LogP contribution in [0, 0.1) is 11.3 Å². The first-order valence-corrected chi connectivity index (χ1v) is 15.4. The van der Waals surface area contributed by atoms with Gasteiger partial charge >= 0.3 is 0 Å². The van der Waals surface area contributed by atoms with Gasteiger partial charge in [-0.2, -0.15) is 5.10 Å². The molecule has 5 heterocycles. The third kappa shape index (κ3) is 5.44. The van der Waals surface area contributed by atoms with Crippen molar-refractivity contribution < 1.29 is 14.1 Å². The zero-order valence-electron chi connectivity index (χ0n) is 25.2. The number of carbonyl (C=O) groups is 2. The van der Waals surface area contributed by atoms with Gasteiger partial charge < -0.3 is 25.0 Å². The van der Waals surface area contributed by atoms with E-state index < -0.39 is 12.0 Å². The summed E-state index contributed by atoms with van der Waals surface area (Å²) in [4.78, 5) is 31.5. The van der Waals surface area contributed by atoms with E-state index in [9.17, 15) is 9.59 Å². The van der Waals surface area contributed by atoms with Crippen molar-refractivity contribution in [3.8, 4) is 11.3 Å². The Hall–Kier alpha value is -3.66. The molecule has 3 aromatic rings. The van der Waals surface area contributed by atoms with Crippen molar-refractivity contribution in [3.63, 3.8) is 0 Å². The number of piperidine rings is 1. The molecule has 224 valence electrons. The highest BCUT2D eigenvalue weighted by Crippen LogP contribution is 2.42. The van der Waals surface area contributed by atoms with E-state index in [1.165, 1.54) is 12.8 Å². The van der Waals surface area contributed by atoms with Crippen LogP contribution >= 0.6 is 0 Å². The number of hydrogen-bond donors (Lipinski definition) is 2. The molecule has 3 aliphatic rings. The summed E-state index contributed by atoms with van der Waals surface area (Å²) in [5.74, 6) is 0.753. The van der Waals surface area contributed by atoms with Gasteiger partial charge in [-0.05, 0) is 68.8 Å². The van der Waals surface area contributed by atoms with Crippen molar-refractivity contribution in [1.29, 1.82) is 0 Å². The van der Waals surface area contributed by atoms with Crippen molar-refractivity contribution in [2.24, 2.45) is 18.4 Å². The topological polar surface area (TPSA) is 109 Å². The quantitative estimate of drug-likeness (QED) is 0.421. The zero-order valence-corrected chi connectivity index (χ0v) is 25.2. The van der Waals surface area contributed by atoms with Gasteiger partial charge in [0.25, 0.3) is 0 Å². The SMILES string of the molecule is CC(NC(=O)[C@@H]1CCCN1C(=O)C(c1cc(N2CC3(CCNCC3)C2)no1)C(C)C)c1ccc(-c2ccnn2C)cc1. The summed E-state index contributed by atoms with van der Waals surface area (Å²) in [5.41, 5.74) is 3.50. The van der Waals surface area contributed by atoms with Gasteiger partial charge in [0, 0.05) is 44.4 Å². The number of benzene rings is 1. The summed E-state index contributed by atoms with van der Waals surface area (Å²) in [6, 6.07) is 11.4. The number of amides is 2. The molecule has 0 bridgehead atoms. The molecule has 3 saturated heterocycles. The van der Waals surface area contributed by atoms with Crippen LogP contribution in [-0.4, -0.2) is 70.4 Å². The van der Waals surface area contributed by atoms with E-state index in [4.69, 9.17) is 4.52 Å². The average molecular weight is 574 g/mol. The second-order valence-corrected chi connectivity index (χ2v) is 12.8. The molecule has 3 fully saturated rings. The van der Waals surface area contributed by atoms with Crippen LogP contribution in [-0.2, 0) is 16.6 Å². The van der Waals surface area contributed by atoms with E-state index in [0.29, 0.717) is 24.1 Å². The van der Waals surface area contributed by atoms with Gasteiger partial charge in [0.1, 0.15) is 12.0 Å². The van der Waals surface area contributed by atoms with E-state index in [1.807, 2.05) is 68.9 Å². The van der Waals surface area contributed by atoms with E-state index >= 15 is 0 Å². The molecular formula is C32H43N7O3. The molecule has 10 heteroatoms. The van der Waals surface area contributed by atoms with Crippen LogP contribution in [0.15, 0.2) is 47.1 Å². The first kappa shape index (κ1) is 28.5. The number of carbonyl (C=O) groups excluding carboxylic acids is 2. The maximum atomic E-state index is 14.0. The van der Waals surface area contributed by atoms with Crippen LogP contribution in [0.3, 0.4) is 0 Å². The lowest BCUT2D eigenvalue weighted by atomic mass is 9.72. The monoisotopic (exact) mass is 573 g/mol. The molecule has 0 aliphatic carbocycles. The smallest absolute Gasteiger partial charge is 0.243 e. The van der Waals surface area contributed by atoms with Gasteiger partial charge in [-0.1, -0.05) is 43.3 Å². The Morgan fingerprint density at radius 1 is 1.10 bits per heavy atom. The molecule has 6 rings (SSSR count). The van der Waals surface area contributed by atoms with E-state index in [1.54, 1.807) is 11.1 Å². The molecule has 2 N–H and O–H groups in total. The van der Waals surface area contributed by atoms with Gasteiger partial charge in [0.05, 0.1) is 11.7 Å². The summed E-state index contributed by atoms with van der Waals surface area (Å²) >= 11 is 0. The van der Waals surface area contributed by atoms with Crippen molar-refractivity contribution >= 4 is 17.6 Å². The minimum absolute atomic E-state index is 0.00614. The van der Waals surface area contributed by atoms with Crippen LogP contribution in [0.4, 0.5) is 5.82 Å². The largest absolute Gasteiger partial charge is 0.358 e. The third-order valence-corrected chi connectivity index (χ3v) is 9.52. The number of rotatable bonds is 8. The molecule has 2 unspecified atom stereocenters. The summed E-state index contributed by atoms with van der Waals surface area (Å²) < 4.78 is 7.64. The Balaban J connectivity index is 1.10. The Morgan fingerprint density at radius 3 is 2.50 bits per heavy atom. The average Bonchev–Trinajstić information content (AvgIpc) is 3.73. The molecule has 0 radical (unpaired) electrons. The molecule has 10 nitrogen and oxygen atoms in total. The lowest BCUT2D eigenvalue weighted by Crippen LogP contribution is -2.60. The molecule has 0 saturated carbocycles. The molecular weight excluding hydrogens is 530 g/mol. The fourth-order valence-electron chi connectivity index (χ4n) is 6.98. The van der Waals surface area contributed by atoms with Gasteiger partial charge in [-0.25, -0.2) is 0 Å². The Kier molecular flexibility index (Phi) is 7.83. The molecule has 2 aromatic heterocycles. The van der Waals surface area contributed by atoms with Gasteiger partial charge in [0.15, 0.2) is 11.6 Å². The maximum Gasteiger partial charge on any atom is 0.243 e. The first-order chi connectivity index (χ1) is 20.2. The van der Waals surface area contributed by atoms with Crippen LogP contribution < -0.4 is 15.5 Å². The second kappa shape index (κ2) is 11.6. The molecule has 3 aliphatic heterocycles. The van der Waals surface area contributed by atoms with Crippen LogP contribution in [0.25, 0.3) is 11.3 Å². The lowest BCUT2D eigenvalue weighted by Gasteiger charge is -2.52. The molecule has 42 heavy (non-hydrogen) atoms. The number of nitrogens with zero attached hydrogens (tertiary/aromatic N) is 5. The predicted molar refractivity (Wildman–Crippen MR) is 161 cm³/mol. The molecule has 2 amide bonds. The van der Waals surface area contributed by atoms with Gasteiger partial charge in [-0.15, -0.1) is 0 Å². The maximum absolute atomic E-state index is 14.0. The lowest BCUT2D eigenvalue weighted by molar-refractivity contribution is -0.141. The highest BCUT2D eigenvalue weighted by atomic mass is 16.5. The predicted octanol–water partition coefficient (Wildman–Crippen LogP) is 3.87. The second-order valence-electron chi connectivity index (χ2n) is 12.8. The summed E-state index contributed by atoms with van der Waals surface area (Å²) in [6.45, 7) is 10.7. The minimum Gasteiger partial charge on any atom is -0.358 e. The number of aromatic nitrogens is 3. The van der Waals surface area contributed by atoms with Crippen molar-refractivity contribution in [2.45, 2.75) is 64.5 Å². The fraction of sp³-hybridized carbons (Fsp3) is 0.562. The fourth-order valence-corrected chi connectivity index (χ4v) is 6.98. The normalized spacial score (nSPS) is 21.4. The Bertz CT molecular complexity index is 1400. The number of nitrogens with one attached hydrogen (secondary N) is 2. The van der Waals surface area contributed by atoms with E-state index in [2.05, 4.69) is 25.8 Å². The molecule has 1 aromatic carbocycles. The highest BCUT2D eigenvalue weighted by molar-refractivity contribution is 5.91. The summed E-state index contributed by atoms with van der Waals surface area (Å²) in [6.07, 6.45) is 5.61. The number of hydrogen-bond acceptors (Lipinski definition) is 7. The van der Waals surface area contributed by atoms with Crippen molar-refractivity contribution in [1.82, 2.24) is 30.5 Å². The van der Waals surface area contributed by atoms with Crippen LogP contribution in [0.2, 0.25) is 0 Å². The van der Waals surface area contributed by atoms with Gasteiger partial charge in [0.2, 0.25) is 11.8 Å². The zero-order chi connectivity index (χ0) is 29.4.